The SMILES string of the molecule is CC1C(=O)NC(=O)CN1C(=O)NC(C)(C(=O)O)C1CC1. The molecular weight excluding hydrogens is 266 g/mol. The average Bonchev–Trinajstić information content (AvgIpc) is 3.17. The van der Waals surface area contributed by atoms with Gasteiger partial charge in [0.15, 0.2) is 0 Å². The third kappa shape index (κ3) is 2.45. The summed E-state index contributed by atoms with van der Waals surface area (Å²) in [5, 5.41) is 13.9. The average molecular weight is 283 g/mol. The Morgan fingerprint density at radius 1 is 1.40 bits per heavy atom. The quantitative estimate of drug-likeness (QED) is 0.592. The third-order valence-corrected chi connectivity index (χ3v) is 3.89. The number of aliphatic carboxylic acids is 1. The molecule has 20 heavy (non-hydrogen) atoms. The number of piperazine rings is 1. The molecule has 0 aromatic rings. The number of amides is 4. The molecule has 0 radical (unpaired) electrons. The van der Waals surface area contributed by atoms with Gasteiger partial charge in [-0.3, -0.25) is 14.9 Å². The summed E-state index contributed by atoms with van der Waals surface area (Å²) < 4.78 is 0. The summed E-state index contributed by atoms with van der Waals surface area (Å²) in [6, 6.07) is -1.53. The van der Waals surface area contributed by atoms with Crippen molar-refractivity contribution in [2.75, 3.05) is 6.54 Å². The maximum Gasteiger partial charge on any atom is 0.329 e. The number of carbonyl (C=O) groups is 4. The number of carboxylic acid groups (broad SMARTS) is 1. The molecule has 3 N–H and O–H groups in total. The van der Waals surface area contributed by atoms with E-state index in [4.69, 9.17) is 0 Å². The van der Waals surface area contributed by atoms with Gasteiger partial charge in [0.05, 0.1) is 0 Å². The maximum atomic E-state index is 12.2. The van der Waals surface area contributed by atoms with E-state index in [1.54, 1.807) is 0 Å². The molecule has 0 spiro atoms. The molecule has 4 amide bonds. The molecular formula is C12H17N3O5. The summed E-state index contributed by atoms with van der Waals surface area (Å²) >= 11 is 0. The van der Waals surface area contributed by atoms with Gasteiger partial charge in [0, 0.05) is 0 Å². The molecule has 8 nitrogen and oxygen atoms in total. The summed E-state index contributed by atoms with van der Waals surface area (Å²) in [6.45, 7) is 2.66. The highest BCUT2D eigenvalue weighted by Gasteiger charge is 2.49. The number of nitrogens with one attached hydrogen (secondary N) is 2. The van der Waals surface area contributed by atoms with Crippen molar-refractivity contribution in [3.63, 3.8) is 0 Å². The van der Waals surface area contributed by atoms with Gasteiger partial charge in [-0.05, 0) is 32.6 Å². The second-order valence-electron chi connectivity index (χ2n) is 5.43. The van der Waals surface area contributed by atoms with Crippen LogP contribution in [-0.2, 0) is 14.4 Å². The Labute approximate surface area is 115 Å². The van der Waals surface area contributed by atoms with Crippen LogP contribution in [0.1, 0.15) is 26.7 Å². The lowest BCUT2D eigenvalue weighted by Crippen LogP contribution is -2.64. The van der Waals surface area contributed by atoms with E-state index in [1.807, 2.05) is 0 Å². The van der Waals surface area contributed by atoms with E-state index < -0.39 is 35.4 Å². The summed E-state index contributed by atoms with van der Waals surface area (Å²) in [6.07, 6.45) is 1.47. The largest absolute Gasteiger partial charge is 0.480 e. The zero-order valence-electron chi connectivity index (χ0n) is 11.3. The molecule has 1 saturated heterocycles. The minimum Gasteiger partial charge on any atom is -0.480 e. The van der Waals surface area contributed by atoms with Crippen LogP contribution in [0, 0.1) is 5.92 Å². The fourth-order valence-corrected chi connectivity index (χ4v) is 2.25. The molecule has 1 saturated carbocycles. The van der Waals surface area contributed by atoms with Crippen LogP contribution in [0.3, 0.4) is 0 Å². The second kappa shape index (κ2) is 4.77. The van der Waals surface area contributed by atoms with E-state index in [9.17, 15) is 24.3 Å². The Morgan fingerprint density at radius 3 is 2.50 bits per heavy atom. The van der Waals surface area contributed by atoms with Crippen LogP contribution in [0.5, 0.6) is 0 Å². The van der Waals surface area contributed by atoms with Crippen LogP contribution >= 0.6 is 0 Å². The first-order valence-electron chi connectivity index (χ1n) is 6.41. The van der Waals surface area contributed by atoms with Crippen LogP contribution in [0.25, 0.3) is 0 Å². The molecule has 1 heterocycles. The minimum atomic E-state index is -1.37. The van der Waals surface area contributed by atoms with Gasteiger partial charge in [0.25, 0.3) is 0 Å². The monoisotopic (exact) mass is 283 g/mol. The first-order chi connectivity index (χ1) is 9.25. The van der Waals surface area contributed by atoms with Gasteiger partial charge in [-0.1, -0.05) is 0 Å². The summed E-state index contributed by atoms with van der Waals surface area (Å²) in [5.74, 6) is -2.38. The molecule has 1 aliphatic heterocycles. The summed E-state index contributed by atoms with van der Waals surface area (Å²) in [4.78, 5) is 47.4. The fourth-order valence-electron chi connectivity index (χ4n) is 2.25. The van der Waals surface area contributed by atoms with Crippen molar-refractivity contribution in [2.45, 2.75) is 38.3 Å². The Bertz CT molecular complexity index is 487. The molecule has 2 aliphatic rings. The maximum absolute atomic E-state index is 12.2. The van der Waals surface area contributed by atoms with E-state index in [0.717, 1.165) is 17.7 Å². The molecule has 2 unspecified atom stereocenters. The Balaban J connectivity index is 2.12. The zero-order valence-corrected chi connectivity index (χ0v) is 11.3. The highest BCUT2D eigenvalue weighted by atomic mass is 16.4. The van der Waals surface area contributed by atoms with Crippen molar-refractivity contribution in [1.29, 1.82) is 0 Å². The van der Waals surface area contributed by atoms with Crippen LogP contribution < -0.4 is 10.6 Å². The lowest BCUT2D eigenvalue weighted by molar-refractivity contribution is -0.144. The van der Waals surface area contributed by atoms with Gasteiger partial charge in [-0.25, -0.2) is 9.59 Å². The highest BCUT2D eigenvalue weighted by molar-refractivity contribution is 6.04. The Kier molecular flexibility index (Phi) is 3.41. The summed E-state index contributed by atoms with van der Waals surface area (Å²) in [7, 11) is 0. The predicted octanol–water partition coefficient (Wildman–Crippen LogP) is -0.704. The second-order valence-corrected chi connectivity index (χ2v) is 5.43. The van der Waals surface area contributed by atoms with Crippen LogP contribution in [0.4, 0.5) is 4.79 Å². The van der Waals surface area contributed by atoms with Gasteiger partial charge in [-0.15, -0.1) is 0 Å². The fraction of sp³-hybridized carbons (Fsp3) is 0.667. The van der Waals surface area contributed by atoms with Crippen molar-refractivity contribution in [2.24, 2.45) is 5.92 Å². The summed E-state index contributed by atoms with van der Waals surface area (Å²) in [5.41, 5.74) is -1.37. The molecule has 2 atom stereocenters. The van der Waals surface area contributed by atoms with Crippen LogP contribution in [0.2, 0.25) is 0 Å². The standard InChI is InChI=1S/C12H17N3O5/c1-6-9(17)13-8(16)5-15(6)11(20)14-12(2,10(18)19)7-3-4-7/h6-7H,3-5H2,1-2H3,(H,14,20)(H,18,19)(H,13,16,17). The Hall–Kier alpha value is -2.12. The van der Waals surface area contributed by atoms with Crippen LogP contribution in [-0.4, -0.2) is 51.9 Å². The normalized spacial score (nSPS) is 25.7. The first kappa shape index (κ1) is 14.3. The van der Waals surface area contributed by atoms with Crippen molar-refractivity contribution in [1.82, 2.24) is 15.5 Å². The van der Waals surface area contributed by atoms with E-state index >= 15 is 0 Å². The molecule has 8 heteroatoms. The molecule has 1 aliphatic carbocycles. The third-order valence-electron chi connectivity index (χ3n) is 3.89. The number of hydrogen-bond donors (Lipinski definition) is 3. The predicted molar refractivity (Wildman–Crippen MR) is 66.6 cm³/mol. The van der Waals surface area contributed by atoms with Crippen molar-refractivity contribution >= 4 is 23.8 Å². The lowest BCUT2D eigenvalue weighted by Gasteiger charge is -2.35. The smallest absolute Gasteiger partial charge is 0.329 e. The zero-order chi connectivity index (χ0) is 15.1. The highest BCUT2D eigenvalue weighted by Crippen LogP contribution is 2.39. The minimum absolute atomic E-state index is 0.117. The van der Waals surface area contributed by atoms with E-state index in [2.05, 4.69) is 10.6 Å². The number of carboxylic acids is 1. The molecule has 0 aromatic carbocycles. The van der Waals surface area contributed by atoms with Gasteiger partial charge in [-0.2, -0.15) is 0 Å². The Morgan fingerprint density at radius 2 is 2.00 bits per heavy atom. The van der Waals surface area contributed by atoms with E-state index in [1.165, 1.54) is 13.8 Å². The van der Waals surface area contributed by atoms with Crippen molar-refractivity contribution in [3.8, 4) is 0 Å². The van der Waals surface area contributed by atoms with Gasteiger partial charge in [0.1, 0.15) is 18.1 Å². The number of rotatable bonds is 3. The number of imide groups is 1. The number of carbonyl (C=O) groups excluding carboxylic acids is 3. The van der Waals surface area contributed by atoms with Gasteiger partial charge in [0.2, 0.25) is 11.8 Å². The van der Waals surface area contributed by atoms with E-state index in [-0.39, 0.29) is 12.5 Å². The van der Waals surface area contributed by atoms with E-state index in [0.29, 0.717) is 0 Å². The van der Waals surface area contributed by atoms with Crippen molar-refractivity contribution in [3.05, 3.63) is 0 Å². The number of nitrogens with zero attached hydrogens (tertiary/aromatic N) is 1. The van der Waals surface area contributed by atoms with Gasteiger partial charge < -0.3 is 15.3 Å². The molecule has 2 fully saturated rings. The van der Waals surface area contributed by atoms with Crippen molar-refractivity contribution < 1.29 is 24.3 Å². The van der Waals surface area contributed by atoms with Crippen LogP contribution in [0.15, 0.2) is 0 Å². The van der Waals surface area contributed by atoms with Gasteiger partial charge >= 0.3 is 12.0 Å². The molecule has 110 valence electrons. The molecule has 0 aromatic heterocycles. The topological polar surface area (TPSA) is 116 Å². The lowest BCUT2D eigenvalue weighted by atomic mass is 9.96. The first-order valence-corrected chi connectivity index (χ1v) is 6.41. The number of hydrogen-bond acceptors (Lipinski definition) is 4. The molecule has 0 bridgehead atoms. The number of urea groups is 1. The molecule has 2 rings (SSSR count).